The Morgan fingerprint density at radius 2 is 1.67 bits per heavy atom. The van der Waals surface area contributed by atoms with Crippen molar-refractivity contribution in [2.24, 2.45) is 5.11 Å². The number of benzene rings is 2. The second-order valence-electron chi connectivity index (χ2n) is 3.44. The minimum Gasteiger partial charge on any atom is -0.129 e. The van der Waals surface area contributed by atoms with Gasteiger partial charge in [-0.1, -0.05) is 42.5 Å². The number of rotatable bonds is 2. The molecule has 0 unspecified atom stereocenters. The SMILES string of the molecule is Cc1cccc(N=[N])c1-c1ccccc1. The Hall–Kier alpha value is -1.96. The van der Waals surface area contributed by atoms with Gasteiger partial charge in [0.15, 0.2) is 0 Å². The zero-order chi connectivity index (χ0) is 10.7. The van der Waals surface area contributed by atoms with Crippen LogP contribution in [0.1, 0.15) is 5.56 Å². The van der Waals surface area contributed by atoms with Crippen LogP contribution in [-0.2, 0) is 0 Å². The number of hydrogen-bond acceptors (Lipinski definition) is 1. The van der Waals surface area contributed by atoms with Gasteiger partial charge in [0.05, 0.1) is 5.69 Å². The molecule has 0 bridgehead atoms. The van der Waals surface area contributed by atoms with Gasteiger partial charge in [-0.05, 0) is 29.6 Å². The molecule has 2 aromatic rings. The summed E-state index contributed by atoms with van der Waals surface area (Å²) in [6, 6.07) is 15.6. The molecule has 0 aliphatic heterocycles. The zero-order valence-electron chi connectivity index (χ0n) is 8.51. The van der Waals surface area contributed by atoms with Crippen LogP contribution in [0.25, 0.3) is 11.1 Å². The molecule has 2 nitrogen and oxygen atoms in total. The Labute approximate surface area is 89.1 Å². The molecule has 0 aliphatic rings. The molecule has 0 saturated heterocycles. The fourth-order valence-electron chi connectivity index (χ4n) is 1.72. The molecular formula is C13H11N2. The number of aryl methyl sites for hydroxylation is 1. The molecule has 0 amide bonds. The molecule has 0 aromatic heterocycles. The lowest BCUT2D eigenvalue weighted by atomic mass is 9.99. The minimum atomic E-state index is 0.612. The van der Waals surface area contributed by atoms with E-state index in [0.29, 0.717) is 5.69 Å². The lowest BCUT2D eigenvalue weighted by molar-refractivity contribution is 1.29. The van der Waals surface area contributed by atoms with E-state index >= 15 is 0 Å². The first-order valence-corrected chi connectivity index (χ1v) is 4.83. The van der Waals surface area contributed by atoms with Gasteiger partial charge in [-0.3, -0.25) is 0 Å². The summed E-state index contributed by atoms with van der Waals surface area (Å²) in [5, 5.41) is 3.31. The molecule has 1 radical (unpaired) electrons. The van der Waals surface area contributed by atoms with Crippen molar-refractivity contribution in [3.8, 4) is 11.1 Å². The molecule has 0 atom stereocenters. The first kappa shape index (κ1) is 9.59. The Bertz CT molecular complexity index is 475. The second kappa shape index (κ2) is 4.05. The van der Waals surface area contributed by atoms with Crippen molar-refractivity contribution in [2.45, 2.75) is 6.92 Å². The Kier molecular flexibility index (Phi) is 2.59. The normalized spacial score (nSPS) is 9.93. The molecule has 0 N–H and O–H groups in total. The smallest absolute Gasteiger partial charge is 0.0956 e. The zero-order valence-corrected chi connectivity index (χ0v) is 8.51. The van der Waals surface area contributed by atoms with Gasteiger partial charge in [-0.15, -0.1) is 5.11 Å². The molecule has 2 aromatic carbocycles. The van der Waals surface area contributed by atoms with Crippen molar-refractivity contribution in [2.75, 3.05) is 0 Å². The average Bonchev–Trinajstić information content (AvgIpc) is 2.29. The summed E-state index contributed by atoms with van der Waals surface area (Å²) in [6.45, 7) is 2.01. The lowest BCUT2D eigenvalue weighted by Crippen LogP contribution is -1.83. The van der Waals surface area contributed by atoms with Crippen LogP contribution in [0.2, 0.25) is 0 Å². The molecule has 0 aliphatic carbocycles. The minimum absolute atomic E-state index is 0.612. The van der Waals surface area contributed by atoms with E-state index in [1.54, 1.807) is 6.07 Å². The van der Waals surface area contributed by atoms with E-state index < -0.39 is 0 Å². The Morgan fingerprint density at radius 1 is 0.933 bits per heavy atom. The second-order valence-corrected chi connectivity index (χ2v) is 3.44. The van der Waals surface area contributed by atoms with Crippen LogP contribution >= 0.6 is 0 Å². The summed E-state index contributed by atoms with van der Waals surface area (Å²) in [6.07, 6.45) is 0. The summed E-state index contributed by atoms with van der Waals surface area (Å²) < 4.78 is 0. The fraction of sp³-hybridized carbons (Fsp3) is 0.0769. The summed E-state index contributed by atoms with van der Waals surface area (Å²) in [5.41, 5.74) is 12.7. The van der Waals surface area contributed by atoms with Gasteiger partial charge in [-0.25, -0.2) is 0 Å². The van der Waals surface area contributed by atoms with Crippen LogP contribution < -0.4 is 5.53 Å². The van der Waals surface area contributed by atoms with Crippen molar-refractivity contribution in [3.63, 3.8) is 0 Å². The van der Waals surface area contributed by atoms with E-state index in [4.69, 9.17) is 5.53 Å². The monoisotopic (exact) mass is 195 g/mol. The summed E-state index contributed by atoms with van der Waals surface area (Å²) >= 11 is 0. The fourth-order valence-corrected chi connectivity index (χ4v) is 1.72. The quantitative estimate of drug-likeness (QED) is 0.657. The number of hydrogen-bond donors (Lipinski definition) is 0. The largest absolute Gasteiger partial charge is 0.129 e. The maximum atomic E-state index is 8.93. The highest BCUT2D eigenvalue weighted by atomic mass is 15.0. The van der Waals surface area contributed by atoms with E-state index in [1.807, 2.05) is 49.4 Å². The van der Waals surface area contributed by atoms with Gasteiger partial charge in [0.2, 0.25) is 0 Å². The maximum absolute atomic E-state index is 8.93. The highest BCUT2D eigenvalue weighted by Crippen LogP contribution is 2.32. The highest BCUT2D eigenvalue weighted by Gasteiger charge is 2.06. The Balaban J connectivity index is 2.66. The summed E-state index contributed by atoms with van der Waals surface area (Å²) in [7, 11) is 0. The predicted octanol–water partition coefficient (Wildman–Crippen LogP) is 3.55. The van der Waals surface area contributed by atoms with E-state index in [2.05, 4.69) is 5.11 Å². The first-order chi connectivity index (χ1) is 7.33. The van der Waals surface area contributed by atoms with Gasteiger partial charge >= 0.3 is 0 Å². The number of nitrogens with zero attached hydrogens (tertiary/aromatic N) is 2. The molecule has 2 heteroatoms. The third kappa shape index (κ3) is 1.79. The molecule has 73 valence electrons. The molecule has 0 spiro atoms. The Morgan fingerprint density at radius 3 is 2.33 bits per heavy atom. The van der Waals surface area contributed by atoms with Crippen LogP contribution in [0.3, 0.4) is 0 Å². The maximum Gasteiger partial charge on any atom is 0.0956 e. The van der Waals surface area contributed by atoms with E-state index in [-0.39, 0.29) is 0 Å². The van der Waals surface area contributed by atoms with Gasteiger partial charge in [0.25, 0.3) is 0 Å². The molecular weight excluding hydrogens is 184 g/mol. The van der Waals surface area contributed by atoms with Crippen molar-refractivity contribution in [1.82, 2.24) is 5.53 Å². The molecule has 0 heterocycles. The lowest BCUT2D eigenvalue weighted by Gasteiger charge is -2.07. The van der Waals surface area contributed by atoms with E-state index in [9.17, 15) is 0 Å². The summed E-state index contributed by atoms with van der Waals surface area (Å²) in [4.78, 5) is 0. The van der Waals surface area contributed by atoms with Crippen molar-refractivity contribution >= 4 is 5.69 Å². The van der Waals surface area contributed by atoms with E-state index in [1.165, 1.54) is 0 Å². The highest BCUT2D eigenvalue weighted by molar-refractivity contribution is 5.78. The van der Waals surface area contributed by atoms with Gasteiger partial charge in [0.1, 0.15) is 0 Å². The van der Waals surface area contributed by atoms with Crippen LogP contribution in [0.4, 0.5) is 5.69 Å². The van der Waals surface area contributed by atoms with Crippen molar-refractivity contribution < 1.29 is 0 Å². The van der Waals surface area contributed by atoms with Crippen molar-refractivity contribution in [3.05, 3.63) is 54.1 Å². The van der Waals surface area contributed by atoms with Crippen LogP contribution in [0, 0.1) is 6.92 Å². The standard InChI is InChI=1S/C13H11N2/c1-10-6-5-9-12(15-14)13(10)11-7-3-2-4-8-11/h2-9H,1H3. The van der Waals surface area contributed by atoms with Gasteiger partial charge in [-0.2, -0.15) is 0 Å². The topological polar surface area (TPSA) is 34.7 Å². The average molecular weight is 195 g/mol. The van der Waals surface area contributed by atoms with E-state index in [0.717, 1.165) is 16.7 Å². The van der Waals surface area contributed by atoms with Crippen molar-refractivity contribution in [1.29, 1.82) is 0 Å². The predicted molar refractivity (Wildman–Crippen MR) is 60.8 cm³/mol. The molecule has 0 saturated carbocycles. The molecule has 2 rings (SSSR count). The first-order valence-electron chi connectivity index (χ1n) is 4.83. The van der Waals surface area contributed by atoms with Crippen LogP contribution in [-0.4, -0.2) is 0 Å². The molecule has 0 fully saturated rings. The molecule has 15 heavy (non-hydrogen) atoms. The third-order valence-corrected chi connectivity index (χ3v) is 2.42. The van der Waals surface area contributed by atoms with Gasteiger partial charge < -0.3 is 0 Å². The van der Waals surface area contributed by atoms with Gasteiger partial charge in [0, 0.05) is 5.56 Å². The third-order valence-electron chi connectivity index (χ3n) is 2.42. The van der Waals surface area contributed by atoms with Crippen LogP contribution in [0.5, 0.6) is 0 Å². The van der Waals surface area contributed by atoms with Crippen LogP contribution in [0.15, 0.2) is 53.6 Å². The summed E-state index contributed by atoms with van der Waals surface area (Å²) in [5.74, 6) is 0.